The van der Waals surface area contributed by atoms with Gasteiger partial charge in [0.1, 0.15) is 5.75 Å². The van der Waals surface area contributed by atoms with Crippen LogP contribution in [0.1, 0.15) is 11.1 Å². The second-order valence-electron chi connectivity index (χ2n) is 2.24. The van der Waals surface area contributed by atoms with Gasteiger partial charge in [-0.2, -0.15) is 0 Å². The molecule has 0 aliphatic rings. The van der Waals surface area contributed by atoms with Gasteiger partial charge in [-0.15, -0.1) is 0 Å². The van der Waals surface area contributed by atoms with Crippen molar-refractivity contribution in [3.63, 3.8) is 0 Å². The van der Waals surface area contributed by atoms with Crippen LogP contribution in [-0.2, 0) is 0 Å². The third-order valence-corrected chi connectivity index (χ3v) is 1.54. The molecule has 3 nitrogen and oxygen atoms in total. The highest BCUT2D eigenvalue weighted by molar-refractivity contribution is 5.82. The third kappa shape index (κ3) is 1.49. The van der Waals surface area contributed by atoms with Crippen molar-refractivity contribution in [2.75, 3.05) is 0 Å². The summed E-state index contributed by atoms with van der Waals surface area (Å²) in [5.74, 6) is 0.211. The van der Waals surface area contributed by atoms with Crippen LogP contribution in [0.5, 0.6) is 5.75 Å². The van der Waals surface area contributed by atoms with Crippen LogP contribution in [0.3, 0.4) is 0 Å². The van der Waals surface area contributed by atoms with E-state index in [1.54, 1.807) is 25.1 Å². The normalized spacial score (nSPS) is 10.6. The maximum Gasteiger partial charge on any atom is 0.119 e. The molecule has 0 heterocycles. The lowest BCUT2D eigenvalue weighted by molar-refractivity contribution is 0.322. The molecule has 1 aromatic rings. The Labute approximate surface area is 64.6 Å². The lowest BCUT2D eigenvalue weighted by Crippen LogP contribution is -1.86. The molecule has 0 saturated carbocycles. The van der Waals surface area contributed by atoms with Gasteiger partial charge < -0.3 is 10.3 Å². The van der Waals surface area contributed by atoms with E-state index in [0.717, 1.165) is 0 Å². The van der Waals surface area contributed by atoms with Crippen LogP contribution in [0.2, 0.25) is 0 Å². The van der Waals surface area contributed by atoms with E-state index in [0.29, 0.717) is 11.1 Å². The van der Waals surface area contributed by atoms with E-state index < -0.39 is 0 Å². The molecule has 0 aliphatic carbocycles. The first-order valence-electron chi connectivity index (χ1n) is 3.21. The molecular weight excluding hydrogens is 142 g/mol. The topological polar surface area (TPSA) is 52.8 Å². The zero-order valence-electron chi connectivity index (χ0n) is 6.15. The largest absolute Gasteiger partial charge is 0.508 e. The molecule has 0 aliphatic heterocycles. The molecule has 0 saturated heterocycles. The maximum atomic E-state index is 9.18. The summed E-state index contributed by atoms with van der Waals surface area (Å²) in [6.07, 6.45) is 1.29. The van der Waals surface area contributed by atoms with E-state index in [9.17, 15) is 5.11 Å². The molecule has 3 heteroatoms. The first-order valence-corrected chi connectivity index (χ1v) is 3.21. The van der Waals surface area contributed by atoms with Crippen molar-refractivity contribution >= 4 is 6.21 Å². The van der Waals surface area contributed by atoms with E-state index in [1.165, 1.54) is 6.21 Å². The predicted molar refractivity (Wildman–Crippen MR) is 42.2 cm³/mol. The summed E-state index contributed by atoms with van der Waals surface area (Å²) < 4.78 is 0. The lowest BCUT2D eigenvalue weighted by atomic mass is 10.1. The minimum absolute atomic E-state index is 0.211. The summed E-state index contributed by atoms with van der Waals surface area (Å²) >= 11 is 0. The fourth-order valence-electron chi connectivity index (χ4n) is 0.843. The van der Waals surface area contributed by atoms with Gasteiger partial charge in [-0.1, -0.05) is 17.3 Å². The van der Waals surface area contributed by atoms with Gasteiger partial charge in [-0.05, 0) is 18.6 Å². The molecule has 0 fully saturated rings. The zero-order chi connectivity index (χ0) is 8.27. The van der Waals surface area contributed by atoms with Crippen LogP contribution in [0.25, 0.3) is 0 Å². The van der Waals surface area contributed by atoms with Crippen LogP contribution >= 0.6 is 0 Å². The van der Waals surface area contributed by atoms with E-state index >= 15 is 0 Å². The molecular formula is C8H9NO2. The molecule has 0 spiro atoms. The van der Waals surface area contributed by atoms with E-state index in [4.69, 9.17) is 5.21 Å². The third-order valence-electron chi connectivity index (χ3n) is 1.54. The van der Waals surface area contributed by atoms with Crippen LogP contribution in [0.4, 0.5) is 0 Å². The molecule has 1 rings (SSSR count). The van der Waals surface area contributed by atoms with Crippen molar-refractivity contribution < 1.29 is 10.3 Å². The van der Waals surface area contributed by atoms with Gasteiger partial charge in [-0.3, -0.25) is 0 Å². The molecule has 2 N–H and O–H groups in total. The molecule has 0 atom stereocenters. The zero-order valence-corrected chi connectivity index (χ0v) is 6.15. The number of rotatable bonds is 1. The quantitative estimate of drug-likeness (QED) is 0.363. The Morgan fingerprint density at radius 2 is 2.18 bits per heavy atom. The van der Waals surface area contributed by atoms with Gasteiger partial charge in [0.05, 0.1) is 6.21 Å². The lowest BCUT2D eigenvalue weighted by Gasteiger charge is -1.99. The summed E-state index contributed by atoms with van der Waals surface area (Å²) in [6, 6.07) is 5.04. The Morgan fingerprint density at radius 3 is 2.82 bits per heavy atom. The van der Waals surface area contributed by atoms with Gasteiger partial charge in [0.25, 0.3) is 0 Å². The average Bonchev–Trinajstić information content (AvgIpc) is 1.99. The Balaban J connectivity index is 3.16. The fourth-order valence-corrected chi connectivity index (χ4v) is 0.843. The molecule has 1 aromatic carbocycles. The van der Waals surface area contributed by atoms with Crippen molar-refractivity contribution in [1.29, 1.82) is 0 Å². The van der Waals surface area contributed by atoms with Crippen LogP contribution in [-0.4, -0.2) is 16.5 Å². The minimum atomic E-state index is 0.211. The van der Waals surface area contributed by atoms with Gasteiger partial charge in [0, 0.05) is 5.56 Å². The van der Waals surface area contributed by atoms with Gasteiger partial charge in [0.15, 0.2) is 0 Å². The summed E-state index contributed by atoms with van der Waals surface area (Å²) in [6.45, 7) is 1.76. The molecule has 0 amide bonds. The molecule has 0 radical (unpaired) electrons. The standard InChI is InChI=1S/C8H9NO2/c1-6-7(5-9-11)3-2-4-8(6)10/h2-5,10-11H,1H3. The number of aromatic hydroxyl groups is 1. The van der Waals surface area contributed by atoms with Crippen molar-refractivity contribution in [1.82, 2.24) is 0 Å². The monoisotopic (exact) mass is 151 g/mol. The molecule has 0 bridgehead atoms. The summed E-state index contributed by atoms with van der Waals surface area (Å²) in [7, 11) is 0. The smallest absolute Gasteiger partial charge is 0.119 e. The second kappa shape index (κ2) is 3.05. The second-order valence-corrected chi connectivity index (χ2v) is 2.24. The fraction of sp³-hybridized carbons (Fsp3) is 0.125. The van der Waals surface area contributed by atoms with Crippen molar-refractivity contribution in [2.45, 2.75) is 6.92 Å². The maximum absolute atomic E-state index is 9.18. The van der Waals surface area contributed by atoms with Crippen LogP contribution in [0, 0.1) is 6.92 Å². The minimum Gasteiger partial charge on any atom is -0.508 e. The van der Waals surface area contributed by atoms with Crippen LogP contribution in [0.15, 0.2) is 23.4 Å². The number of nitrogens with zero attached hydrogens (tertiary/aromatic N) is 1. The number of benzene rings is 1. The highest BCUT2D eigenvalue weighted by Crippen LogP contribution is 2.17. The van der Waals surface area contributed by atoms with Crippen molar-refractivity contribution in [3.8, 4) is 5.75 Å². The first-order chi connectivity index (χ1) is 5.25. The number of hydrogen-bond acceptors (Lipinski definition) is 3. The number of phenolic OH excluding ortho intramolecular Hbond substituents is 1. The van der Waals surface area contributed by atoms with Gasteiger partial charge in [0.2, 0.25) is 0 Å². The van der Waals surface area contributed by atoms with E-state index in [-0.39, 0.29) is 5.75 Å². The highest BCUT2D eigenvalue weighted by atomic mass is 16.4. The summed E-state index contributed by atoms with van der Waals surface area (Å²) in [4.78, 5) is 0. The average molecular weight is 151 g/mol. The van der Waals surface area contributed by atoms with Crippen LogP contribution < -0.4 is 0 Å². The van der Waals surface area contributed by atoms with E-state index in [2.05, 4.69) is 5.16 Å². The molecule has 11 heavy (non-hydrogen) atoms. The molecule has 0 unspecified atom stereocenters. The predicted octanol–water partition coefficient (Wildman–Crippen LogP) is 1.51. The SMILES string of the molecule is Cc1c(O)cccc1C=NO. The number of oxime groups is 1. The Kier molecular flexibility index (Phi) is 2.11. The molecule has 0 aromatic heterocycles. The Hall–Kier alpha value is -1.51. The Morgan fingerprint density at radius 1 is 1.45 bits per heavy atom. The number of phenols is 1. The Bertz CT molecular complexity index is 281. The van der Waals surface area contributed by atoms with Gasteiger partial charge in [-0.25, -0.2) is 0 Å². The highest BCUT2D eigenvalue weighted by Gasteiger charge is 1.98. The molecule has 58 valence electrons. The summed E-state index contributed by atoms with van der Waals surface area (Å²) in [5.41, 5.74) is 1.43. The van der Waals surface area contributed by atoms with Crippen molar-refractivity contribution in [3.05, 3.63) is 29.3 Å². The van der Waals surface area contributed by atoms with E-state index in [1.807, 2.05) is 0 Å². The van der Waals surface area contributed by atoms with Gasteiger partial charge >= 0.3 is 0 Å². The first kappa shape index (κ1) is 7.60. The number of hydrogen-bond donors (Lipinski definition) is 2. The summed E-state index contributed by atoms with van der Waals surface area (Å²) in [5, 5.41) is 20.3. The van der Waals surface area contributed by atoms with Crippen molar-refractivity contribution in [2.24, 2.45) is 5.16 Å².